The minimum Gasteiger partial charge on any atom is -0.475 e. The van der Waals surface area contributed by atoms with Crippen LogP contribution in [0.3, 0.4) is 0 Å². The second-order valence-corrected chi connectivity index (χ2v) is 2.01. The molecule has 0 saturated heterocycles. The van der Waals surface area contributed by atoms with Gasteiger partial charge in [-0.25, -0.2) is 4.79 Å². The van der Waals surface area contributed by atoms with Crippen LogP contribution >= 0.6 is 12.4 Å². The normalized spacial score (nSPS) is 8.31. The van der Waals surface area contributed by atoms with Crippen LogP contribution in [0.1, 0.15) is 0 Å². The maximum Gasteiger partial charge on any atom is 0.371 e. The van der Waals surface area contributed by atoms with Crippen molar-refractivity contribution in [2.45, 2.75) is 0 Å². The summed E-state index contributed by atoms with van der Waals surface area (Å²) in [4.78, 5) is 14.0. The highest BCUT2D eigenvalue weighted by Gasteiger charge is 2.05. The Morgan fingerprint density at radius 3 is 2.46 bits per heavy atom. The van der Waals surface area contributed by atoms with Gasteiger partial charge < -0.3 is 9.84 Å². The van der Waals surface area contributed by atoms with Gasteiger partial charge in [0, 0.05) is 12.4 Å². The van der Waals surface area contributed by atoms with Gasteiger partial charge in [-0.2, -0.15) is 0 Å². The lowest BCUT2D eigenvalue weighted by Gasteiger charge is -2.02. The minimum absolute atomic E-state index is 0. The summed E-state index contributed by atoms with van der Waals surface area (Å²) in [5, 5.41) is 8.40. The fourth-order valence-corrected chi connectivity index (χ4v) is 0.592. The van der Waals surface area contributed by atoms with Crippen molar-refractivity contribution in [1.29, 1.82) is 0 Å². The summed E-state index contributed by atoms with van der Waals surface area (Å²) in [5.74, 6) is -1.06. The van der Waals surface area contributed by atoms with Crippen LogP contribution in [0.2, 0.25) is 0 Å². The predicted molar refractivity (Wildman–Crippen MR) is 48.9 cm³/mol. The highest BCUT2D eigenvalue weighted by Crippen LogP contribution is 2.10. The molecule has 0 spiro atoms. The molecule has 0 aliphatic heterocycles. The van der Waals surface area contributed by atoms with Crippen LogP contribution in [-0.4, -0.2) is 16.1 Å². The van der Waals surface area contributed by atoms with Crippen molar-refractivity contribution in [3.05, 3.63) is 36.9 Å². The molecule has 0 atom stereocenters. The molecule has 1 heterocycles. The maximum absolute atomic E-state index is 10.3. The third kappa shape index (κ3) is 3.57. The number of rotatable bonds is 3. The van der Waals surface area contributed by atoms with Crippen molar-refractivity contribution >= 4 is 18.4 Å². The molecular formula is C8H8ClNO3. The van der Waals surface area contributed by atoms with Gasteiger partial charge in [0.25, 0.3) is 0 Å². The van der Waals surface area contributed by atoms with Gasteiger partial charge in [0.05, 0.1) is 0 Å². The second-order valence-electron chi connectivity index (χ2n) is 2.01. The first-order chi connectivity index (χ1) is 5.70. The van der Waals surface area contributed by atoms with Crippen molar-refractivity contribution in [2.24, 2.45) is 0 Å². The third-order valence-electron chi connectivity index (χ3n) is 1.13. The fraction of sp³-hybridized carbons (Fsp3) is 0. The van der Waals surface area contributed by atoms with E-state index in [0.717, 1.165) is 0 Å². The van der Waals surface area contributed by atoms with Crippen molar-refractivity contribution < 1.29 is 14.6 Å². The SMILES string of the molecule is C=C(Oc1ccncc1)C(=O)O.Cl. The van der Waals surface area contributed by atoms with Crippen LogP contribution in [0.15, 0.2) is 36.9 Å². The highest BCUT2D eigenvalue weighted by atomic mass is 35.5. The average molecular weight is 202 g/mol. The molecule has 0 radical (unpaired) electrons. The summed E-state index contributed by atoms with van der Waals surface area (Å²) < 4.78 is 4.84. The van der Waals surface area contributed by atoms with Crippen molar-refractivity contribution in [3.63, 3.8) is 0 Å². The highest BCUT2D eigenvalue weighted by molar-refractivity contribution is 5.85. The van der Waals surface area contributed by atoms with Gasteiger partial charge in [-0.05, 0) is 18.7 Å². The number of hydrogen-bond donors (Lipinski definition) is 1. The molecule has 0 saturated carbocycles. The summed E-state index contributed by atoms with van der Waals surface area (Å²) >= 11 is 0. The van der Waals surface area contributed by atoms with E-state index in [4.69, 9.17) is 9.84 Å². The molecule has 5 heteroatoms. The maximum atomic E-state index is 10.3. The van der Waals surface area contributed by atoms with Gasteiger partial charge in [0.1, 0.15) is 5.75 Å². The molecule has 70 valence electrons. The predicted octanol–water partition coefficient (Wildman–Crippen LogP) is 1.48. The largest absolute Gasteiger partial charge is 0.475 e. The van der Waals surface area contributed by atoms with E-state index in [1.54, 1.807) is 12.1 Å². The number of carboxylic acid groups (broad SMARTS) is 1. The Morgan fingerprint density at radius 2 is 2.00 bits per heavy atom. The zero-order valence-corrected chi connectivity index (χ0v) is 7.45. The molecule has 0 aliphatic rings. The third-order valence-corrected chi connectivity index (χ3v) is 1.13. The lowest BCUT2D eigenvalue weighted by atomic mass is 10.4. The molecule has 1 rings (SSSR count). The molecule has 13 heavy (non-hydrogen) atoms. The standard InChI is InChI=1S/C8H7NO3.ClH/c1-6(8(10)11)12-7-2-4-9-5-3-7;/h2-5H,1H2,(H,10,11);1H. The van der Waals surface area contributed by atoms with Crippen LogP contribution < -0.4 is 4.74 Å². The van der Waals surface area contributed by atoms with Gasteiger partial charge in [0.2, 0.25) is 5.76 Å². The molecule has 1 aromatic heterocycles. The second kappa shape index (κ2) is 5.16. The van der Waals surface area contributed by atoms with Gasteiger partial charge in [-0.1, -0.05) is 0 Å². The number of hydrogen-bond acceptors (Lipinski definition) is 3. The summed E-state index contributed by atoms with van der Waals surface area (Å²) in [6, 6.07) is 3.10. The molecule has 1 aromatic rings. The van der Waals surface area contributed by atoms with Gasteiger partial charge >= 0.3 is 5.97 Å². The molecule has 1 N–H and O–H groups in total. The minimum atomic E-state index is -1.17. The fourth-order valence-electron chi connectivity index (χ4n) is 0.592. The molecule has 0 bridgehead atoms. The van der Waals surface area contributed by atoms with Crippen LogP contribution in [0.4, 0.5) is 0 Å². The summed E-state index contributed by atoms with van der Waals surface area (Å²) in [6.07, 6.45) is 3.01. The molecule has 0 aromatic carbocycles. The van der Waals surface area contributed by atoms with Crippen LogP contribution in [0.25, 0.3) is 0 Å². The van der Waals surface area contributed by atoms with Gasteiger partial charge in [-0.15, -0.1) is 12.4 Å². The number of aliphatic carboxylic acids is 1. The molecule has 0 unspecified atom stereocenters. The van der Waals surface area contributed by atoms with Gasteiger partial charge in [0.15, 0.2) is 0 Å². The average Bonchev–Trinajstić information content (AvgIpc) is 2.06. The quantitative estimate of drug-likeness (QED) is 0.595. The lowest BCUT2D eigenvalue weighted by Crippen LogP contribution is -2.05. The van der Waals surface area contributed by atoms with E-state index in [1.165, 1.54) is 12.4 Å². The summed E-state index contributed by atoms with van der Waals surface area (Å²) in [5.41, 5.74) is 0. The van der Waals surface area contributed by atoms with E-state index in [9.17, 15) is 4.79 Å². The van der Waals surface area contributed by atoms with Crippen molar-refractivity contribution in [1.82, 2.24) is 4.98 Å². The number of pyridine rings is 1. The van der Waals surface area contributed by atoms with E-state index in [2.05, 4.69) is 11.6 Å². The van der Waals surface area contributed by atoms with E-state index in [1.807, 2.05) is 0 Å². The first kappa shape index (κ1) is 11.4. The number of carbonyl (C=O) groups is 1. The molecular weight excluding hydrogens is 194 g/mol. The van der Waals surface area contributed by atoms with Crippen molar-refractivity contribution in [2.75, 3.05) is 0 Å². The Balaban J connectivity index is 0.00000144. The first-order valence-corrected chi connectivity index (χ1v) is 3.20. The zero-order valence-electron chi connectivity index (χ0n) is 6.64. The van der Waals surface area contributed by atoms with Gasteiger partial charge in [-0.3, -0.25) is 4.98 Å². The van der Waals surface area contributed by atoms with Crippen molar-refractivity contribution in [3.8, 4) is 5.75 Å². The summed E-state index contributed by atoms with van der Waals surface area (Å²) in [6.45, 7) is 3.21. The topological polar surface area (TPSA) is 59.4 Å². The Morgan fingerprint density at radius 1 is 1.46 bits per heavy atom. The Hall–Kier alpha value is -1.55. The Bertz CT molecular complexity index is 300. The molecule has 0 aliphatic carbocycles. The Kier molecular flexibility index (Phi) is 4.54. The number of halogens is 1. The molecule has 0 fully saturated rings. The smallest absolute Gasteiger partial charge is 0.371 e. The molecule has 0 amide bonds. The summed E-state index contributed by atoms with van der Waals surface area (Å²) in [7, 11) is 0. The number of nitrogens with zero attached hydrogens (tertiary/aromatic N) is 1. The van der Waals surface area contributed by atoms with E-state index in [-0.39, 0.29) is 18.2 Å². The van der Waals surface area contributed by atoms with Crippen LogP contribution in [0.5, 0.6) is 5.75 Å². The zero-order chi connectivity index (χ0) is 8.97. The number of ether oxygens (including phenoxy) is 1. The van der Waals surface area contributed by atoms with Crippen LogP contribution in [0, 0.1) is 0 Å². The monoisotopic (exact) mass is 201 g/mol. The molecule has 4 nitrogen and oxygen atoms in total. The van der Waals surface area contributed by atoms with Crippen LogP contribution in [-0.2, 0) is 4.79 Å². The number of aromatic nitrogens is 1. The first-order valence-electron chi connectivity index (χ1n) is 3.20. The van der Waals surface area contributed by atoms with E-state index >= 15 is 0 Å². The van der Waals surface area contributed by atoms with E-state index < -0.39 is 5.97 Å². The Labute approximate surface area is 81.3 Å². The lowest BCUT2D eigenvalue weighted by molar-refractivity contribution is -0.135. The number of carboxylic acids is 1. The van der Waals surface area contributed by atoms with E-state index in [0.29, 0.717) is 5.75 Å².